The Kier molecular flexibility index (Phi) is 10.4. The van der Waals surface area contributed by atoms with Crippen molar-refractivity contribution < 1.29 is 18.0 Å². The van der Waals surface area contributed by atoms with Crippen molar-refractivity contribution in [3.05, 3.63) is 131 Å². The number of carbonyl (C=O) groups excluding carboxylic acids is 2. The number of hydrogen-bond acceptors (Lipinski definition) is 5. The Hall–Kier alpha value is -4.05. The molecule has 10 heteroatoms. The molecular weight excluding hydrogens is 596 g/mol. The van der Waals surface area contributed by atoms with Gasteiger partial charge in [-0.3, -0.25) is 14.6 Å². The summed E-state index contributed by atoms with van der Waals surface area (Å²) in [6.07, 6.45) is 3.93. The molecule has 0 bridgehead atoms. The van der Waals surface area contributed by atoms with Crippen LogP contribution in [0.3, 0.4) is 0 Å². The van der Waals surface area contributed by atoms with Gasteiger partial charge in [0.25, 0.3) is 0 Å². The quantitative estimate of drug-likeness (QED) is 0.222. The first-order valence-electron chi connectivity index (χ1n) is 14.7. The maximum absolute atomic E-state index is 14.0. The number of aromatic nitrogens is 1. The molecule has 1 fully saturated rings. The lowest BCUT2D eigenvalue weighted by Gasteiger charge is -2.32. The first kappa shape index (κ1) is 31.4. The molecule has 0 aliphatic carbocycles. The number of carbonyl (C=O) groups is 2. The summed E-state index contributed by atoms with van der Waals surface area (Å²) in [5, 5.41) is 3.55. The standard InChI is InChI=1S/C34H35ClN4O4S/c35-29-16-11-27(12-17-29)25-39(33(28-8-2-1-3-9-28)34(41)37-24-30-10-4-5-21-36-30)32(40)20-15-26-13-18-31(19-14-26)44(42,43)38-22-6-7-23-38/h1-5,8-14,16-19,21,33H,6-7,15,20,22-25H2,(H,37,41). The summed E-state index contributed by atoms with van der Waals surface area (Å²) in [5.74, 6) is -0.531. The van der Waals surface area contributed by atoms with Gasteiger partial charge in [0.2, 0.25) is 21.8 Å². The zero-order valence-corrected chi connectivity index (χ0v) is 25.9. The van der Waals surface area contributed by atoms with Gasteiger partial charge in [0.05, 0.1) is 17.1 Å². The molecule has 0 saturated carbocycles. The molecule has 1 saturated heterocycles. The van der Waals surface area contributed by atoms with Gasteiger partial charge in [-0.25, -0.2) is 8.42 Å². The van der Waals surface area contributed by atoms with E-state index in [1.165, 1.54) is 4.31 Å². The van der Waals surface area contributed by atoms with Crippen LogP contribution in [0.25, 0.3) is 0 Å². The number of pyridine rings is 1. The van der Waals surface area contributed by atoms with E-state index < -0.39 is 16.1 Å². The summed E-state index contributed by atoms with van der Waals surface area (Å²) in [4.78, 5) is 33.9. The fraction of sp³-hybridized carbons (Fsp3) is 0.265. The third-order valence-electron chi connectivity index (χ3n) is 7.69. The van der Waals surface area contributed by atoms with Gasteiger partial charge in [-0.05, 0) is 72.4 Å². The smallest absolute Gasteiger partial charge is 0.247 e. The minimum absolute atomic E-state index is 0.128. The third-order valence-corrected chi connectivity index (χ3v) is 9.85. The lowest BCUT2D eigenvalue weighted by atomic mass is 10.0. The molecule has 4 aromatic rings. The minimum Gasteiger partial charge on any atom is -0.348 e. The van der Waals surface area contributed by atoms with E-state index in [9.17, 15) is 18.0 Å². The number of nitrogens with zero attached hydrogens (tertiary/aromatic N) is 3. The minimum atomic E-state index is -3.52. The highest BCUT2D eigenvalue weighted by Crippen LogP contribution is 2.26. The molecule has 44 heavy (non-hydrogen) atoms. The number of benzene rings is 3. The fourth-order valence-corrected chi connectivity index (χ4v) is 6.94. The number of amides is 2. The molecule has 5 rings (SSSR count). The first-order valence-corrected chi connectivity index (χ1v) is 16.5. The molecule has 2 amide bonds. The van der Waals surface area contributed by atoms with Crippen molar-refractivity contribution in [2.24, 2.45) is 0 Å². The summed E-state index contributed by atoms with van der Waals surface area (Å²) in [6.45, 7) is 1.50. The van der Waals surface area contributed by atoms with Crippen LogP contribution in [0.5, 0.6) is 0 Å². The van der Waals surface area contributed by atoms with Crippen LogP contribution in [-0.4, -0.2) is 47.5 Å². The van der Waals surface area contributed by atoms with Gasteiger partial charge in [0, 0.05) is 37.3 Å². The van der Waals surface area contributed by atoms with Crippen molar-refractivity contribution in [3.63, 3.8) is 0 Å². The summed E-state index contributed by atoms with van der Waals surface area (Å²) in [7, 11) is -3.52. The maximum atomic E-state index is 14.0. The average molecular weight is 631 g/mol. The lowest BCUT2D eigenvalue weighted by molar-refractivity contribution is -0.141. The Morgan fingerprint density at radius 1 is 0.864 bits per heavy atom. The van der Waals surface area contributed by atoms with Crippen LogP contribution in [0.4, 0.5) is 0 Å². The zero-order chi connectivity index (χ0) is 30.9. The third kappa shape index (κ3) is 7.91. The van der Waals surface area contributed by atoms with E-state index >= 15 is 0 Å². The summed E-state index contributed by atoms with van der Waals surface area (Å²) in [5.41, 5.74) is 3.06. The largest absolute Gasteiger partial charge is 0.348 e. The van der Waals surface area contributed by atoms with E-state index in [0.717, 1.165) is 24.0 Å². The molecule has 2 heterocycles. The maximum Gasteiger partial charge on any atom is 0.247 e. The van der Waals surface area contributed by atoms with Crippen LogP contribution < -0.4 is 5.32 Å². The normalized spacial score (nSPS) is 14.2. The van der Waals surface area contributed by atoms with Crippen molar-refractivity contribution in [1.29, 1.82) is 0 Å². The monoisotopic (exact) mass is 630 g/mol. The number of rotatable bonds is 12. The summed E-state index contributed by atoms with van der Waals surface area (Å²) < 4.78 is 27.4. The number of halogens is 1. The Balaban J connectivity index is 1.37. The SMILES string of the molecule is O=C(NCc1ccccn1)C(c1ccccc1)N(Cc1ccc(Cl)cc1)C(=O)CCc1ccc(S(=O)(=O)N2CCCC2)cc1. The van der Waals surface area contributed by atoms with Gasteiger partial charge < -0.3 is 10.2 Å². The molecule has 1 aromatic heterocycles. The highest BCUT2D eigenvalue weighted by molar-refractivity contribution is 7.89. The van der Waals surface area contributed by atoms with Gasteiger partial charge in [0.15, 0.2) is 0 Å². The van der Waals surface area contributed by atoms with Crippen molar-refractivity contribution in [2.45, 2.75) is 49.7 Å². The topological polar surface area (TPSA) is 99.7 Å². The molecule has 0 radical (unpaired) electrons. The van der Waals surface area contributed by atoms with Crippen LogP contribution in [0.2, 0.25) is 5.02 Å². The molecule has 1 N–H and O–H groups in total. The average Bonchev–Trinajstić information content (AvgIpc) is 3.61. The second kappa shape index (κ2) is 14.6. The molecule has 1 aliphatic rings. The highest BCUT2D eigenvalue weighted by Gasteiger charge is 2.32. The van der Waals surface area contributed by atoms with Crippen LogP contribution in [0, 0.1) is 0 Å². The number of hydrogen-bond donors (Lipinski definition) is 1. The predicted octanol–water partition coefficient (Wildman–Crippen LogP) is 5.54. The molecule has 228 valence electrons. The Labute approximate surface area is 263 Å². The van der Waals surface area contributed by atoms with E-state index in [0.29, 0.717) is 35.8 Å². The van der Waals surface area contributed by atoms with Gasteiger partial charge in [-0.2, -0.15) is 4.31 Å². The van der Waals surface area contributed by atoms with Crippen LogP contribution in [0.1, 0.15) is 47.7 Å². The Morgan fingerprint density at radius 2 is 1.52 bits per heavy atom. The number of nitrogens with one attached hydrogen (secondary N) is 1. The highest BCUT2D eigenvalue weighted by atomic mass is 35.5. The number of sulfonamides is 1. The lowest BCUT2D eigenvalue weighted by Crippen LogP contribution is -2.43. The molecule has 3 aromatic carbocycles. The van der Waals surface area contributed by atoms with Gasteiger partial charge in [-0.1, -0.05) is 72.3 Å². The van der Waals surface area contributed by atoms with Crippen molar-refractivity contribution in [2.75, 3.05) is 13.1 Å². The first-order chi connectivity index (χ1) is 21.3. The van der Waals surface area contributed by atoms with E-state index in [1.807, 2.05) is 60.7 Å². The number of aryl methyl sites for hydroxylation is 1. The van der Waals surface area contributed by atoms with Gasteiger partial charge in [0.1, 0.15) is 6.04 Å². The van der Waals surface area contributed by atoms with Crippen molar-refractivity contribution in [1.82, 2.24) is 19.5 Å². The molecule has 0 spiro atoms. The van der Waals surface area contributed by atoms with Crippen molar-refractivity contribution >= 4 is 33.4 Å². The Bertz CT molecular complexity index is 1650. The summed E-state index contributed by atoms with van der Waals surface area (Å²) >= 11 is 6.12. The van der Waals surface area contributed by atoms with Crippen LogP contribution in [-0.2, 0) is 39.1 Å². The summed E-state index contributed by atoms with van der Waals surface area (Å²) in [6, 6.07) is 27.8. The van der Waals surface area contributed by atoms with Gasteiger partial charge in [-0.15, -0.1) is 0 Å². The molecule has 1 unspecified atom stereocenters. The molecule has 8 nitrogen and oxygen atoms in total. The second-order valence-electron chi connectivity index (χ2n) is 10.8. The fourth-order valence-electron chi connectivity index (χ4n) is 5.30. The molecular formula is C34H35ClN4O4S. The van der Waals surface area contributed by atoms with E-state index in [-0.39, 0.29) is 36.2 Å². The Morgan fingerprint density at radius 3 is 2.18 bits per heavy atom. The zero-order valence-electron chi connectivity index (χ0n) is 24.3. The second-order valence-corrected chi connectivity index (χ2v) is 13.1. The van der Waals surface area contributed by atoms with Gasteiger partial charge >= 0.3 is 0 Å². The van der Waals surface area contributed by atoms with E-state index in [4.69, 9.17) is 11.6 Å². The van der Waals surface area contributed by atoms with Crippen molar-refractivity contribution in [3.8, 4) is 0 Å². The van der Waals surface area contributed by atoms with Crippen LogP contribution >= 0.6 is 11.6 Å². The predicted molar refractivity (Wildman–Crippen MR) is 170 cm³/mol. The van der Waals surface area contributed by atoms with E-state index in [2.05, 4.69) is 10.3 Å². The molecule has 1 aliphatic heterocycles. The molecule has 1 atom stereocenters. The van der Waals surface area contributed by atoms with E-state index in [1.54, 1.807) is 47.5 Å². The van der Waals surface area contributed by atoms with Crippen LogP contribution in [0.15, 0.2) is 108 Å².